The minimum atomic E-state index is -4.47. The van der Waals surface area contributed by atoms with Crippen LogP contribution in [0.4, 0.5) is 13.2 Å². The Labute approximate surface area is 136 Å². The molecule has 0 aliphatic heterocycles. The molecule has 0 aliphatic carbocycles. The molecule has 2 N–H and O–H groups in total. The van der Waals surface area contributed by atoms with Gasteiger partial charge in [-0.15, -0.1) is 0 Å². The van der Waals surface area contributed by atoms with E-state index in [1.54, 1.807) is 12.1 Å². The molecule has 0 unspecified atom stereocenters. The van der Waals surface area contributed by atoms with Gasteiger partial charge in [-0.05, 0) is 48.9 Å². The minimum absolute atomic E-state index is 0.0201. The number of rotatable bonds is 5. The molecule has 128 valence electrons. The molecule has 1 atom stereocenters. The highest BCUT2D eigenvalue weighted by atomic mass is 19.4. The van der Waals surface area contributed by atoms with Crippen molar-refractivity contribution in [3.05, 3.63) is 59.7 Å². The van der Waals surface area contributed by atoms with Gasteiger partial charge in [0.25, 0.3) is 0 Å². The van der Waals surface area contributed by atoms with E-state index >= 15 is 0 Å². The van der Waals surface area contributed by atoms with E-state index in [1.165, 1.54) is 19.1 Å². The lowest BCUT2D eigenvalue weighted by Crippen LogP contribution is -2.43. The van der Waals surface area contributed by atoms with E-state index in [1.807, 2.05) is 0 Å². The molecule has 0 fully saturated rings. The molecule has 2 aromatic carbocycles. The third-order valence-corrected chi connectivity index (χ3v) is 3.45. The monoisotopic (exact) mass is 340 g/mol. The summed E-state index contributed by atoms with van der Waals surface area (Å²) in [4.78, 5) is 11.6. The van der Waals surface area contributed by atoms with E-state index in [2.05, 4.69) is 0 Å². The van der Waals surface area contributed by atoms with Gasteiger partial charge in [-0.2, -0.15) is 13.2 Å². The maximum atomic E-state index is 12.6. The molecule has 7 heteroatoms. The lowest BCUT2D eigenvalue weighted by Gasteiger charge is -2.26. The maximum absolute atomic E-state index is 12.6. The Morgan fingerprint density at radius 1 is 1.04 bits per heavy atom. The number of hydrogen-bond donors (Lipinski definition) is 2. The van der Waals surface area contributed by atoms with Gasteiger partial charge < -0.3 is 14.9 Å². The van der Waals surface area contributed by atoms with Crippen molar-refractivity contribution in [1.82, 2.24) is 0 Å². The van der Waals surface area contributed by atoms with Crippen molar-refractivity contribution in [2.75, 3.05) is 0 Å². The van der Waals surface area contributed by atoms with Crippen LogP contribution in [0.1, 0.15) is 18.1 Å². The highest BCUT2D eigenvalue weighted by molar-refractivity contribution is 5.78. The summed E-state index contributed by atoms with van der Waals surface area (Å²) in [7, 11) is 0. The van der Waals surface area contributed by atoms with E-state index in [0.717, 1.165) is 24.3 Å². The van der Waals surface area contributed by atoms with Crippen LogP contribution < -0.4 is 4.74 Å². The summed E-state index contributed by atoms with van der Waals surface area (Å²) >= 11 is 0. The number of aromatic hydroxyl groups is 1. The fraction of sp³-hybridized carbons (Fsp3) is 0.235. The first kappa shape index (κ1) is 17.7. The highest BCUT2D eigenvalue weighted by Gasteiger charge is 2.36. The summed E-state index contributed by atoms with van der Waals surface area (Å²) in [5.74, 6) is -1.19. The fourth-order valence-electron chi connectivity index (χ4n) is 2.13. The zero-order chi connectivity index (χ0) is 18.0. The molecule has 2 rings (SSSR count). The van der Waals surface area contributed by atoms with Crippen LogP contribution >= 0.6 is 0 Å². The number of benzene rings is 2. The molecule has 0 aliphatic rings. The summed E-state index contributed by atoms with van der Waals surface area (Å²) in [6.07, 6.45) is -4.50. The normalized spacial score (nSPS) is 14.0. The Morgan fingerprint density at radius 2 is 1.58 bits per heavy atom. The summed E-state index contributed by atoms with van der Waals surface area (Å²) in [6, 6.07) is 9.75. The molecule has 0 bridgehead atoms. The zero-order valence-corrected chi connectivity index (χ0v) is 12.7. The molecule has 2 aromatic rings. The topological polar surface area (TPSA) is 66.8 Å². The van der Waals surface area contributed by atoms with Gasteiger partial charge in [-0.1, -0.05) is 12.1 Å². The Balaban J connectivity index is 2.21. The van der Waals surface area contributed by atoms with E-state index < -0.39 is 23.3 Å². The van der Waals surface area contributed by atoms with Crippen LogP contribution in [0, 0.1) is 0 Å². The first-order chi connectivity index (χ1) is 11.1. The van der Waals surface area contributed by atoms with Crippen LogP contribution in [-0.2, 0) is 17.4 Å². The lowest BCUT2D eigenvalue weighted by atomic mass is 9.96. The van der Waals surface area contributed by atoms with Crippen molar-refractivity contribution >= 4 is 5.97 Å². The van der Waals surface area contributed by atoms with Crippen LogP contribution in [0.2, 0.25) is 0 Å². The average molecular weight is 340 g/mol. The van der Waals surface area contributed by atoms with Gasteiger partial charge in [-0.3, -0.25) is 0 Å². The van der Waals surface area contributed by atoms with Gasteiger partial charge in [0, 0.05) is 6.42 Å². The van der Waals surface area contributed by atoms with E-state index in [0.29, 0.717) is 5.56 Å². The summed E-state index contributed by atoms with van der Waals surface area (Å²) < 4.78 is 43.1. The van der Waals surface area contributed by atoms with Gasteiger partial charge in [-0.25, -0.2) is 4.79 Å². The third-order valence-electron chi connectivity index (χ3n) is 3.45. The van der Waals surface area contributed by atoms with Gasteiger partial charge >= 0.3 is 12.1 Å². The van der Waals surface area contributed by atoms with Gasteiger partial charge in [0.1, 0.15) is 11.5 Å². The molecule has 4 nitrogen and oxygen atoms in total. The molecule has 0 heterocycles. The number of hydrogen-bond acceptors (Lipinski definition) is 3. The van der Waals surface area contributed by atoms with Crippen molar-refractivity contribution in [3.8, 4) is 11.5 Å². The molecular formula is C17H15F3O4. The lowest BCUT2D eigenvalue weighted by molar-refractivity contribution is -0.153. The SMILES string of the molecule is C[C@@](Cc1ccc(O)cc1)(Oc1ccc(C(F)(F)F)cc1)C(=O)O. The predicted octanol–water partition coefficient (Wildman–Crippen LogP) is 3.88. The average Bonchev–Trinajstić information content (AvgIpc) is 2.49. The largest absolute Gasteiger partial charge is 0.508 e. The van der Waals surface area contributed by atoms with Gasteiger partial charge in [0.05, 0.1) is 5.56 Å². The number of carbonyl (C=O) groups is 1. The number of alkyl halides is 3. The number of phenols is 1. The number of phenolic OH excluding ortho intramolecular Hbond substituents is 1. The zero-order valence-electron chi connectivity index (χ0n) is 12.7. The second-order valence-electron chi connectivity index (χ2n) is 5.50. The van der Waals surface area contributed by atoms with Crippen LogP contribution in [-0.4, -0.2) is 21.8 Å². The van der Waals surface area contributed by atoms with Crippen LogP contribution in [0.3, 0.4) is 0 Å². The van der Waals surface area contributed by atoms with Crippen LogP contribution in [0.25, 0.3) is 0 Å². The second-order valence-corrected chi connectivity index (χ2v) is 5.50. The number of carboxylic acids is 1. The van der Waals surface area contributed by atoms with E-state index in [-0.39, 0.29) is 17.9 Å². The number of aliphatic carboxylic acids is 1. The molecule has 24 heavy (non-hydrogen) atoms. The van der Waals surface area contributed by atoms with E-state index in [4.69, 9.17) is 4.74 Å². The smallest absolute Gasteiger partial charge is 0.416 e. The predicted molar refractivity (Wildman–Crippen MR) is 79.9 cm³/mol. The first-order valence-corrected chi connectivity index (χ1v) is 6.98. The number of carboxylic acid groups (broad SMARTS) is 1. The second kappa shape index (κ2) is 6.43. The van der Waals surface area contributed by atoms with Crippen molar-refractivity contribution in [2.45, 2.75) is 25.1 Å². The molecule has 0 aromatic heterocycles. The standard InChI is InChI=1S/C17H15F3O4/c1-16(15(22)23,10-11-2-6-13(21)7-3-11)24-14-8-4-12(5-9-14)17(18,19)20/h2-9,21H,10H2,1H3,(H,22,23)/t16-/m0/s1. The molecule has 0 spiro atoms. The Hall–Kier alpha value is -2.70. The van der Waals surface area contributed by atoms with Crippen molar-refractivity contribution < 1.29 is 32.9 Å². The molecule has 0 saturated heterocycles. The number of halogens is 3. The Kier molecular flexibility index (Phi) is 4.73. The van der Waals surface area contributed by atoms with Crippen molar-refractivity contribution in [2.24, 2.45) is 0 Å². The highest BCUT2D eigenvalue weighted by Crippen LogP contribution is 2.31. The van der Waals surface area contributed by atoms with E-state index in [9.17, 15) is 28.2 Å². The Morgan fingerprint density at radius 3 is 2.04 bits per heavy atom. The summed E-state index contributed by atoms with van der Waals surface area (Å²) in [5.41, 5.74) is -1.91. The van der Waals surface area contributed by atoms with Crippen LogP contribution in [0.15, 0.2) is 48.5 Å². The first-order valence-electron chi connectivity index (χ1n) is 6.98. The number of ether oxygens (including phenoxy) is 1. The quantitative estimate of drug-likeness (QED) is 0.867. The van der Waals surface area contributed by atoms with Crippen molar-refractivity contribution in [3.63, 3.8) is 0 Å². The molecular weight excluding hydrogens is 325 g/mol. The minimum Gasteiger partial charge on any atom is -0.508 e. The van der Waals surface area contributed by atoms with Gasteiger partial charge in [0.2, 0.25) is 5.60 Å². The molecule has 0 amide bonds. The maximum Gasteiger partial charge on any atom is 0.416 e. The van der Waals surface area contributed by atoms with Crippen LogP contribution in [0.5, 0.6) is 11.5 Å². The Bertz CT molecular complexity index is 708. The molecule has 0 radical (unpaired) electrons. The van der Waals surface area contributed by atoms with Gasteiger partial charge in [0.15, 0.2) is 0 Å². The third kappa shape index (κ3) is 4.18. The summed E-state index contributed by atoms with van der Waals surface area (Å²) in [5, 5.41) is 18.7. The van der Waals surface area contributed by atoms with Crippen molar-refractivity contribution in [1.29, 1.82) is 0 Å². The summed E-state index contributed by atoms with van der Waals surface area (Å²) in [6.45, 7) is 1.33. The fourth-order valence-corrected chi connectivity index (χ4v) is 2.13. The molecule has 0 saturated carbocycles.